The van der Waals surface area contributed by atoms with Crippen LogP contribution in [-0.4, -0.2) is 18.1 Å². The number of nitrogens with one attached hydrogen (secondary N) is 2. The largest absolute Gasteiger partial charge is 0.386 e. The summed E-state index contributed by atoms with van der Waals surface area (Å²) in [7, 11) is 1.98. The molecule has 3 nitrogen and oxygen atoms in total. The number of aromatic nitrogens is 1. The van der Waals surface area contributed by atoms with E-state index < -0.39 is 0 Å². The highest BCUT2D eigenvalue weighted by molar-refractivity contribution is 5.35. The number of pyridine rings is 1. The van der Waals surface area contributed by atoms with Crippen molar-refractivity contribution in [2.24, 2.45) is 0 Å². The van der Waals surface area contributed by atoms with E-state index in [1.54, 1.807) is 0 Å². The van der Waals surface area contributed by atoms with Crippen molar-refractivity contribution in [1.29, 1.82) is 0 Å². The standard InChI is InChI=1S/C22H35N3/c1-8-9-10-11-22(23-7)21(17(4)5)15-24-13-19-12-20(16(2)3)18(6)25-14-19/h10-12,14-16,22-24H,4,8-9,13H2,1-3,5-7H3/b11-10-,21-15-. The first-order chi connectivity index (χ1) is 11.9. The van der Waals surface area contributed by atoms with Gasteiger partial charge in [-0.25, -0.2) is 0 Å². The number of nitrogens with zero attached hydrogens (tertiary/aromatic N) is 1. The van der Waals surface area contributed by atoms with Crippen molar-refractivity contribution in [2.75, 3.05) is 7.05 Å². The molecule has 0 saturated carbocycles. The Kier molecular flexibility index (Phi) is 9.22. The predicted octanol–water partition coefficient (Wildman–Crippen LogP) is 5.01. The molecular formula is C22H35N3. The van der Waals surface area contributed by atoms with Gasteiger partial charge in [0.15, 0.2) is 0 Å². The van der Waals surface area contributed by atoms with Crippen LogP contribution in [0.15, 0.2) is 48.3 Å². The Labute approximate surface area is 154 Å². The molecule has 0 saturated heterocycles. The Bertz CT molecular complexity index is 612. The summed E-state index contributed by atoms with van der Waals surface area (Å²) in [5.74, 6) is 0.492. The van der Waals surface area contributed by atoms with Crippen molar-refractivity contribution in [3.05, 3.63) is 65.2 Å². The maximum Gasteiger partial charge on any atom is 0.0520 e. The molecule has 0 aliphatic rings. The van der Waals surface area contributed by atoms with Gasteiger partial charge in [-0.05, 0) is 49.9 Å². The lowest BCUT2D eigenvalue weighted by Crippen LogP contribution is -2.27. The number of allylic oxidation sites excluding steroid dienone is 1. The van der Waals surface area contributed by atoms with Crippen molar-refractivity contribution in [3.8, 4) is 0 Å². The van der Waals surface area contributed by atoms with Crippen LogP contribution in [0.5, 0.6) is 0 Å². The molecule has 1 unspecified atom stereocenters. The van der Waals surface area contributed by atoms with Crippen LogP contribution in [0.4, 0.5) is 0 Å². The molecule has 1 aromatic rings. The summed E-state index contributed by atoms with van der Waals surface area (Å²) >= 11 is 0. The molecule has 0 aliphatic carbocycles. The van der Waals surface area contributed by atoms with Crippen LogP contribution in [0.2, 0.25) is 0 Å². The summed E-state index contributed by atoms with van der Waals surface area (Å²) in [5, 5.41) is 6.79. The van der Waals surface area contributed by atoms with Gasteiger partial charge in [0.2, 0.25) is 0 Å². The fourth-order valence-corrected chi connectivity index (χ4v) is 2.79. The average molecular weight is 342 g/mol. The topological polar surface area (TPSA) is 37.0 Å². The van der Waals surface area contributed by atoms with Gasteiger partial charge >= 0.3 is 0 Å². The third-order valence-corrected chi connectivity index (χ3v) is 4.29. The molecule has 2 N–H and O–H groups in total. The van der Waals surface area contributed by atoms with Crippen molar-refractivity contribution in [3.63, 3.8) is 0 Å². The van der Waals surface area contributed by atoms with Crippen LogP contribution in [0, 0.1) is 6.92 Å². The van der Waals surface area contributed by atoms with Crippen molar-refractivity contribution >= 4 is 0 Å². The van der Waals surface area contributed by atoms with Gasteiger partial charge in [0, 0.05) is 24.6 Å². The van der Waals surface area contributed by atoms with E-state index in [0.29, 0.717) is 5.92 Å². The second-order valence-corrected chi connectivity index (χ2v) is 6.92. The lowest BCUT2D eigenvalue weighted by atomic mass is 10.00. The maximum atomic E-state index is 4.53. The lowest BCUT2D eigenvalue weighted by molar-refractivity contribution is 0.736. The Morgan fingerprint density at radius 1 is 1.36 bits per heavy atom. The molecule has 1 aromatic heterocycles. The number of unbranched alkanes of at least 4 members (excludes halogenated alkanes) is 1. The summed E-state index contributed by atoms with van der Waals surface area (Å²) in [6, 6.07) is 2.43. The Hall–Kier alpha value is -1.87. The molecule has 138 valence electrons. The van der Waals surface area contributed by atoms with E-state index in [-0.39, 0.29) is 6.04 Å². The molecule has 0 bridgehead atoms. The molecular weight excluding hydrogens is 306 g/mol. The molecule has 1 rings (SSSR count). The summed E-state index contributed by atoms with van der Waals surface area (Å²) in [6.07, 6.45) is 10.7. The first-order valence-electron chi connectivity index (χ1n) is 9.29. The normalized spacial score (nSPS) is 13.5. The van der Waals surface area contributed by atoms with E-state index >= 15 is 0 Å². The minimum absolute atomic E-state index is 0.180. The third kappa shape index (κ3) is 6.87. The fourth-order valence-electron chi connectivity index (χ4n) is 2.79. The summed E-state index contributed by atoms with van der Waals surface area (Å²) in [5.41, 5.74) is 5.89. The minimum atomic E-state index is 0.180. The molecule has 0 radical (unpaired) electrons. The summed E-state index contributed by atoms with van der Waals surface area (Å²) in [4.78, 5) is 4.53. The lowest BCUT2D eigenvalue weighted by Gasteiger charge is -2.18. The van der Waals surface area contributed by atoms with E-state index in [4.69, 9.17) is 0 Å². The minimum Gasteiger partial charge on any atom is -0.386 e. The number of hydrogen-bond acceptors (Lipinski definition) is 3. The van der Waals surface area contributed by atoms with Crippen LogP contribution in [0.1, 0.15) is 63.3 Å². The highest BCUT2D eigenvalue weighted by Gasteiger charge is 2.10. The second kappa shape index (κ2) is 10.9. The van der Waals surface area contributed by atoms with Crippen LogP contribution >= 0.6 is 0 Å². The fraction of sp³-hybridized carbons (Fsp3) is 0.500. The molecule has 0 amide bonds. The molecule has 0 fully saturated rings. The molecule has 1 atom stereocenters. The van der Waals surface area contributed by atoms with Crippen LogP contribution in [0.25, 0.3) is 0 Å². The molecule has 25 heavy (non-hydrogen) atoms. The van der Waals surface area contributed by atoms with Crippen molar-refractivity contribution in [2.45, 2.75) is 66.0 Å². The first kappa shape index (κ1) is 21.2. The Balaban J connectivity index is 2.85. The van der Waals surface area contributed by atoms with Crippen molar-refractivity contribution < 1.29 is 0 Å². The average Bonchev–Trinajstić information content (AvgIpc) is 2.57. The molecule has 0 spiro atoms. The van der Waals surface area contributed by atoms with Gasteiger partial charge < -0.3 is 10.6 Å². The predicted molar refractivity (Wildman–Crippen MR) is 110 cm³/mol. The Morgan fingerprint density at radius 2 is 2.08 bits per heavy atom. The number of hydrogen-bond donors (Lipinski definition) is 2. The van der Waals surface area contributed by atoms with E-state index in [1.807, 2.05) is 13.2 Å². The van der Waals surface area contributed by atoms with Gasteiger partial charge in [0.25, 0.3) is 0 Å². The van der Waals surface area contributed by atoms with E-state index in [2.05, 4.69) is 81.2 Å². The number of aryl methyl sites for hydroxylation is 1. The van der Waals surface area contributed by atoms with Gasteiger partial charge in [0.1, 0.15) is 0 Å². The SMILES string of the molecule is C=C(C)/C(=C/NCc1cnc(C)c(C(C)C)c1)C(/C=C\CCC)NC. The van der Waals surface area contributed by atoms with Gasteiger partial charge in [-0.2, -0.15) is 0 Å². The Morgan fingerprint density at radius 3 is 2.64 bits per heavy atom. The van der Waals surface area contributed by atoms with Gasteiger partial charge in [-0.1, -0.05) is 57.6 Å². The monoisotopic (exact) mass is 341 g/mol. The zero-order valence-corrected chi connectivity index (χ0v) is 16.8. The van der Waals surface area contributed by atoms with Gasteiger partial charge in [-0.15, -0.1) is 0 Å². The second-order valence-electron chi connectivity index (χ2n) is 6.92. The highest BCUT2D eigenvalue weighted by Crippen LogP contribution is 2.18. The summed E-state index contributed by atoms with van der Waals surface area (Å²) < 4.78 is 0. The summed E-state index contributed by atoms with van der Waals surface area (Å²) in [6.45, 7) is 15.6. The molecule has 0 aliphatic heterocycles. The molecule has 0 aromatic carbocycles. The van der Waals surface area contributed by atoms with E-state index in [1.165, 1.54) is 16.7 Å². The third-order valence-electron chi connectivity index (χ3n) is 4.29. The van der Waals surface area contributed by atoms with Crippen LogP contribution in [-0.2, 0) is 6.54 Å². The number of likely N-dealkylation sites (N-methyl/N-ethyl adjacent to an activating group) is 1. The zero-order chi connectivity index (χ0) is 18.8. The maximum absolute atomic E-state index is 4.53. The smallest absolute Gasteiger partial charge is 0.0520 e. The van der Waals surface area contributed by atoms with Crippen LogP contribution < -0.4 is 10.6 Å². The highest BCUT2D eigenvalue weighted by atomic mass is 14.9. The van der Waals surface area contributed by atoms with Crippen LogP contribution in [0.3, 0.4) is 0 Å². The van der Waals surface area contributed by atoms with E-state index in [9.17, 15) is 0 Å². The van der Waals surface area contributed by atoms with Gasteiger partial charge in [-0.3, -0.25) is 4.98 Å². The zero-order valence-electron chi connectivity index (χ0n) is 16.8. The molecule has 3 heteroatoms. The quantitative estimate of drug-likeness (QED) is 0.464. The molecule has 1 heterocycles. The first-order valence-corrected chi connectivity index (χ1v) is 9.29. The number of rotatable bonds is 10. The van der Waals surface area contributed by atoms with E-state index in [0.717, 1.165) is 30.7 Å². The van der Waals surface area contributed by atoms with Gasteiger partial charge in [0.05, 0.1) is 6.04 Å². The van der Waals surface area contributed by atoms with Crippen molar-refractivity contribution in [1.82, 2.24) is 15.6 Å².